The number of ether oxygens (including phenoxy) is 1. The molecule has 0 heterocycles. The highest BCUT2D eigenvalue weighted by Crippen LogP contribution is 2.37. The number of allylic oxidation sites excluding steroid dienone is 3. The number of carboxylic acid groups (broad SMARTS) is 1. The van der Waals surface area contributed by atoms with Crippen LogP contribution in [-0.2, 0) is 21.2 Å². The number of aliphatic hydroxyl groups excluding tert-OH is 1. The molecule has 0 amide bonds. The molecule has 1 unspecified atom stereocenters. The Hall–Kier alpha value is -4.21. The van der Waals surface area contributed by atoms with Crippen molar-refractivity contribution in [2.24, 2.45) is 0 Å². The summed E-state index contributed by atoms with van der Waals surface area (Å²) in [7, 11) is -4.29. The first kappa shape index (κ1) is 32.2. The Bertz CT molecular complexity index is 1780. The second-order valence-corrected chi connectivity index (χ2v) is 13.5. The highest BCUT2D eigenvalue weighted by atomic mass is 35.5. The molecular formula is C36H34ClNO6S. The van der Waals surface area contributed by atoms with Gasteiger partial charge < -0.3 is 14.9 Å². The maximum atomic E-state index is 13.7. The van der Waals surface area contributed by atoms with E-state index >= 15 is 0 Å². The molecule has 1 aliphatic carbocycles. The van der Waals surface area contributed by atoms with Gasteiger partial charge in [-0.05, 0) is 58.7 Å². The number of aliphatic hydroxyl groups is 1. The third-order valence-corrected chi connectivity index (χ3v) is 10.4. The average molecular weight is 644 g/mol. The van der Waals surface area contributed by atoms with Crippen molar-refractivity contribution in [2.75, 3.05) is 19.7 Å². The average Bonchev–Trinajstić information content (AvgIpc) is 3.05. The minimum Gasteiger partial charge on any atom is -0.492 e. The van der Waals surface area contributed by atoms with Crippen LogP contribution in [0.3, 0.4) is 0 Å². The maximum absolute atomic E-state index is 13.7. The van der Waals surface area contributed by atoms with Crippen LogP contribution in [-0.4, -0.2) is 53.9 Å². The zero-order valence-electron chi connectivity index (χ0n) is 24.5. The molecule has 0 saturated carbocycles. The molecule has 0 aliphatic heterocycles. The highest BCUT2D eigenvalue weighted by molar-refractivity contribution is 7.93. The third kappa shape index (κ3) is 7.54. The number of carbonyl (C=O) groups is 1. The van der Waals surface area contributed by atoms with E-state index in [0.29, 0.717) is 30.4 Å². The molecule has 5 rings (SSSR count). The summed E-state index contributed by atoms with van der Waals surface area (Å²) < 4.78 is 31.2. The number of sulfone groups is 1. The molecule has 0 spiro atoms. The predicted octanol–water partition coefficient (Wildman–Crippen LogP) is 6.60. The van der Waals surface area contributed by atoms with E-state index in [-0.39, 0.29) is 17.9 Å². The van der Waals surface area contributed by atoms with Crippen molar-refractivity contribution in [3.63, 3.8) is 0 Å². The van der Waals surface area contributed by atoms with E-state index in [2.05, 4.69) is 4.90 Å². The molecule has 0 saturated heterocycles. The monoisotopic (exact) mass is 643 g/mol. The number of rotatable bonds is 13. The number of aliphatic carboxylic acids is 1. The lowest BCUT2D eigenvalue weighted by Gasteiger charge is -2.28. The van der Waals surface area contributed by atoms with Gasteiger partial charge in [0.2, 0.25) is 0 Å². The SMILES string of the molecule is O=C(O)C1(S(=O)(=O)c2ccc(OCCN(Cc3ccccc3)C[C@H](O)c3cccc(Cl)c3)cc2)C=CC(c2ccccc2)=CC1. The smallest absolute Gasteiger partial charge is 0.329 e. The summed E-state index contributed by atoms with van der Waals surface area (Å²) in [5.41, 5.74) is 3.46. The van der Waals surface area contributed by atoms with Crippen LogP contribution in [0.2, 0.25) is 5.02 Å². The summed E-state index contributed by atoms with van der Waals surface area (Å²) in [5, 5.41) is 21.6. The molecule has 0 aromatic heterocycles. The second-order valence-electron chi connectivity index (χ2n) is 10.9. The fourth-order valence-electron chi connectivity index (χ4n) is 5.30. The van der Waals surface area contributed by atoms with Crippen molar-refractivity contribution >= 4 is 33.0 Å². The van der Waals surface area contributed by atoms with E-state index in [0.717, 1.165) is 22.3 Å². The largest absolute Gasteiger partial charge is 0.492 e. The molecule has 45 heavy (non-hydrogen) atoms. The Kier molecular flexibility index (Phi) is 10.2. The van der Waals surface area contributed by atoms with Crippen LogP contribution in [0.1, 0.15) is 29.2 Å². The maximum Gasteiger partial charge on any atom is 0.329 e. The number of nitrogens with zero attached hydrogens (tertiary/aromatic N) is 1. The summed E-state index contributed by atoms with van der Waals surface area (Å²) in [4.78, 5) is 14.4. The van der Waals surface area contributed by atoms with Crippen LogP contribution in [0, 0.1) is 0 Å². The lowest BCUT2D eigenvalue weighted by atomic mass is 9.92. The quantitative estimate of drug-likeness (QED) is 0.169. The van der Waals surface area contributed by atoms with Crippen molar-refractivity contribution in [1.82, 2.24) is 4.90 Å². The van der Waals surface area contributed by atoms with Gasteiger partial charge in [0.1, 0.15) is 12.4 Å². The van der Waals surface area contributed by atoms with Crippen molar-refractivity contribution < 1.29 is 28.2 Å². The van der Waals surface area contributed by atoms with Crippen LogP contribution in [0.5, 0.6) is 5.75 Å². The lowest BCUT2D eigenvalue weighted by Crippen LogP contribution is -2.45. The minimum atomic E-state index is -4.29. The van der Waals surface area contributed by atoms with Gasteiger partial charge in [0, 0.05) is 31.1 Å². The number of carboxylic acids is 1. The van der Waals surface area contributed by atoms with Crippen LogP contribution in [0.15, 0.2) is 132 Å². The van der Waals surface area contributed by atoms with Crippen LogP contribution in [0.4, 0.5) is 0 Å². The standard InChI is InChI=1S/C36H34ClNO6S/c37-31-13-7-12-30(24-31)34(39)26-38(25-27-8-3-1-4-9-27)22-23-44-32-14-16-33(17-15-32)45(42,43)36(35(40)41)20-18-29(19-21-36)28-10-5-2-6-11-28/h1-20,24,34,39H,21-23,25-26H2,(H,40,41)/t34-,36?/m0/s1. The van der Waals surface area contributed by atoms with Gasteiger partial charge in [-0.1, -0.05) is 103 Å². The number of hydrogen-bond donors (Lipinski definition) is 2. The third-order valence-electron chi connectivity index (χ3n) is 7.83. The fraction of sp³-hybridized carbons (Fsp3) is 0.194. The van der Waals surface area contributed by atoms with Crippen LogP contribution >= 0.6 is 11.6 Å². The predicted molar refractivity (Wildman–Crippen MR) is 176 cm³/mol. The molecule has 0 fully saturated rings. The van der Waals surface area contributed by atoms with Gasteiger partial charge in [-0.15, -0.1) is 0 Å². The van der Waals surface area contributed by atoms with E-state index in [9.17, 15) is 23.4 Å². The summed E-state index contributed by atoms with van der Waals surface area (Å²) in [6, 6.07) is 32.3. The van der Waals surface area contributed by atoms with Gasteiger partial charge in [0.15, 0.2) is 14.6 Å². The molecule has 232 valence electrons. The van der Waals surface area contributed by atoms with Crippen LogP contribution in [0.25, 0.3) is 5.57 Å². The van der Waals surface area contributed by atoms with Crippen LogP contribution < -0.4 is 4.74 Å². The Morgan fingerprint density at radius 2 is 1.62 bits per heavy atom. The van der Waals surface area contributed by atoms with E-state index < -0.39 is 26.7 Å². The summed E-state index contributed by atoms with van der Waals surface area (Å²) in [6.07, 6.45) is 3.54. The minimum absolute atomic E-state index is 0.103. The summed E-state index contributed by atoms with van der Waals surface area (Å²) >= 11 is 6.12. The normalized spacial score (nSPS) is 17.1. The van der Waals surface area contributed by atoms with E-state index in [1.54, 1.807) is 30.4 Å². The van der Waals surface area contributed by atoms with Gasteiger partial charge in [0.05, 0.1) is 11.0 Å². The molecule has 1 aliphatic rings. The molecule has 2 N–H and O–H groups in total. The van der Waals surface area contributed by atoms with Gasteiger partial charge in [-0.25, -0.2) is 8.42 Å². The van der Waals surface area contributed by atoms with Gasteiger partial charge >= 0.3 is 5.97 Å². The molecule has 4 aromatic carbocycles. The molecule has 4 aromatic rings. The molecular weight excluding hydrogens is 610 g/mol. The highest BCUT2D eigenvalue weighted by Gasteiger charge is 2.50. The van der Waals surface area contributed by atoms with Crippen molar-refractivity contribution in [3.8, 4) is 5.75 Å². The Morgan fingerprint density at radius 1 is 0.933 bits per heavy atom. The first-order valence-electron chi connectivity index (χ1n) is 14.5. The van der Waals surface area contributed by atoms with Crippen molar-refractivity contribution in [3.05, 3.63) is 149 Å². The van der Waals surface area contributed by atoms with E-state index in [4.69, 9.17) is 16.3 Å². The number of benzene rings is 4. The molecule has 7 nitrogen and oxygen atoms in total. The second kappa shape index (κ2) is 14.3. The topological polar surface area (TPSA) is 104 Å². The first-order chi connectivity index (χ1) is 21.7. The number of hydrogen-bond acceptors (Lipinski definition) is 6. The van der Waals surface area contributed by atoms with Gasteiger partial charge in [0.25, 0.3) is 0 Å². The van der Waals surface area contributed by atoms with Gasteiger partial charge in [-0.2, -0.15) is 0 Å². The fourth-order valence-corrected chi connectivity index (χ4v) is 7.19. The first-order valence-corrected chi connectivity index (χ1v) is 16.4. The molecule has 0 radical (unpaired) electrons. The van der Waals surface area contributed by atoms with Gasteiger partial charge in [-0.3, -0.25) is 9.69 Å². The summed E-state index contributed by atoms with van der Waals surface area (Å²) in [5.74, 6) is -0.986. The molecule has 2 atom stereocenters. The number of halogens is 1. The van der Waals surface area contributed by atoms with E-state index in [1.807, 2.05) is 66.7 Å². The lowest BCUT2D eigenvalue weighted by molar-refractivity contribution is -0.138. The Labute approximate surface area is 268 Å². The van der Waals surface area contributed by atoms with E-state index in [1.165, 1.54) is 30.3 Å². The van der Waals surface area contributed by atoms with Crippen molar-refractivity contribution in [2.45, 2.75) is 28.7 Å². The molecule has 9 heteroatoms. The molecule has 0 bridgehead atoms. The zero-order valence-corrected chi connectivity index (χ0v) is 26.1. The Morgan fingerprint density at radius 3 is 2.24 bits per heavy atom. The summed E-state index contributed by atoms with van der Waals surface area (Å²) in [6.45, 7) is 1.69. The Balaban J connectivity index is 1.25. The van der Waals surface area contributed by atoms with Crippen molar-refractivity contribution in [1.29, 1.82) is 0 Å². The zero-order chi connectivity index (χ0) is 31.9.